The molecule has 0 atom stereocenters. The number of fused-ring (bicyclic) bond motifs is 1. The van der Waals surface area contributed by atoms with Crippen LogP contribution in [-0.2, 0) is 0 Å². The molecule has 0 unspecified atom stereocenters. The van der Waals surface area contributed by atoms with Gasteiger partial charge in [0.2, 0.25) is 0 Å². The van der Waals surface area contributed by atoms with Gasteiger partial charge in [-0.15, -0.1) is 0 Å². The number of benzene rings is 3. The predicted molar refractivity (Wildman–Crippen MR) is 115 cm³/mol. The number of rotatable bonds is 4. The van der Waals surface area contributed by atoms with Gasteiger partial charge < -0.3 is 5.11 Å². The molecule has 4 aromatic rings. The summed E-state index contributed by atoms with van der Waals surface area (Å²) < 4.78 is 0. The summed E-state index contributed by atoms with van der Waals surface area (Å²) in [6, 6.07) is 21.2. The third-order valence-corrected chi connectivity index (χ3v) is 6.27. The van der Waals surface area contributed by atoms with Crippen LogP contribution in [-0.4, -0.2) is 17.0 Å². The van der Waals surface area contributed by atoms with Crippen LogP contribution < -0.4 is 5.43 Å². The van der Waals surface area contributed by atoms with Gasteiger partial charge in [0.05, 0.1) is 6.10 Å². The van der Waals surface area contributed by atoms with Crippen molar-refractivity contribution in [1.82, 2.24) is 0 Å². The lowest BCUT2D eigenvalue weighted by Crippen LogP contribution is -2.16. The number of hydrogen-bond donors (Lipinski definition) is 1. The fraction of sp³-hybridized carbons (Fsp3) is 0.231. The molecule has 0 aromatic heterocycles. The molecule has 0 aliphatic heterocycles. The van der Waals surface area contributed by atoms with E-state index >= 15 is 0 Å². The van der Waals surface area contributed by atoms with Crippen LogP contribution in [0.1, 0.15) is 53.1 Å². The molecule has 5 rings (SSSR count). The molecule has 0 bridgehead atoms. The third-order valence-electron chi connectivity index (χ3n) is 6.27. The number of carbonyl (C=O) groups excluding carboxylic acids is 1. The van der Waals surface area contributed by atoms with Gasteiger partial charge in [0, 0.05) is 21.9 Å². The molecule has 1 saturated carbocycles. The fourth-order valence-electron chi connectivity index (χ4n) is 4.54. The average molecular weight is 382 g/mol. The van der Waals surface area contributed by atoms with Crippen LogP contribution in [0.15, 0.2) is 71.5 Å². The highest BCUT2D eigenvalue weighted by Crippen LogP contribution is 2.36. The van der Waals surface area contributed by atoms with E-state index in [9.17, 15) is 14.7 Å². The summed E-state index contributed by atoms with van der Waals surface area (Å²) in [6.07, 6.45) is 3.62. The Hall–Kier alpha value is -3.04. The van der Waals surface area contributed by atoms with Crippen molar-refractivity contribution in [1.29, 1.82) is 0 Å². The Labute approximate surface area is 169 Å². The molecular formula is C26H22O3. The molecule has 29 heavy (non-hydrogen) atoms. The Balaban J connectivity index is 1.43. The molecular weight excluding hydrogens is 360 g/mol. The summed E-state index contributed by atoms with van der Waals surface area (Å²) in [4.78, 5) is 25.2. The van der Waals surface area contributed by atoms with Gasteiger partial charge in [-0.25, -0.2) is 0 Å². The molecule has 3 heteroatoms. The van der Waals surface area contributed by atoms with Crippen LogP contribution in [0, 0.1) is 0 Å². The van der Waals surface area contributed by atoms with Crippen molar-refractivity contribution in [2.75, 3.05) is 0 Å². The highest BCUT2D eigenvalue weighted by atomic mass is 16.3. The van der Waals surface area contributed by atoms with Gasteiger partial charge in [-0.2, -0.15) is 0 Å². The molecule has 0 spiro atoms. The highest BCUT2D eigenvalue weighted by Gasteiger charge is 2.26. The van der Waals surface area contributed by atoms with Gasteiger partial charge in [0.15, 0.2) is 11.2 Å². The van der Waals surface area contributed by atoms with Gasteiger partial charge >= 0.3 is 0 Å². The molecule has 3 nitrogen and oxygen atoms in total. The lowest BCUT2D eigenvalue weighted by molar-refractivity contribution is 0.104. The Bertz CT molecular complexity index is 1190. The molecule has 1 aliphatic carbocycles. The molecule has 144 valence electrons. The quantitative estimate of drug-likeness (QED) is 0.506. The van der Waals surface area contributed by atoms with Crippen molar-refractivity contribution >= 4 is 16.6 Å². The second-order valence-electron chi connectivity index (χ2n) is 8.06. The van der Waals surface area contributed by atoms with Crippen molar-refractivity contribution < 1.29 is 9.90 Å². The first-order valence-electron chi connectivity index (χ1n) is 10.2. The van der Waals surface area contributed by atoms with Gasteiger partial charge in [0.1, 0.15) is 0 Å². The molecule has 1 N–H and O–H groups in total. The Morgan fingerprint density at radius 2 is 1.48 bits per heavy atom. The first-order valence-corrected chi connectivity index (χ1v) is 10.2. The maximum Gasteiger partial charge on any atom is 0.195 e. The maximum absolute atomic E-state index is 12.8. The van der Waals surface area contributed by atoms with Crippen molar-refractivity contribution in [2.45, 2.75) is 37.7 Å². The zero-order valence-corrected chi connectivity index (χ0v) is 16.1. The molecule has 0 amide bonds. The Kier molecular flexibility index (Phi) is 4.40. The van der Waals surface area contributed by atoms with Crippen LogP contribution >= 0.6 is 0 Å². The number of ketones is 1. The van der Waals surface area contributed by atoms with E-state index < -0.39 is 0 Å². The topological polar surface area (TPSA) is 54.4 Å². The molecule has 1 aliphatic rings. The van der Waals surface area contributed by atoms with Crippen LogP contribution in [0.25, 0.3) is 21.9 Å². The maximum atomic E-state index is 12.8. The number of carbonyl (C=O) groups is 1. The lowest BCUT2D eigenvalue weighted by atomic mass is 9.82. The minimum absolute atomic E-state index is 0.0189. The van der Waals surface area contributed by atoms with Crippen LogP contribution in [0.5, 0.6) is 0 Å². The van der Waals surface area contributed by atoms with E-state index in [4.69, 9.17) is 0 Å². The molecule has 1 fully saturated rings. The van der Waals surface area contributed by atoms with E-state index in [1.807, 2.05) is 24.3 Å². The summed E-state index contributed by atoms with van der Waals surface area (Å²) in [7, 11) is 0. The third kappa shape index (κ3) is 3.22. The van der Waals surface area contributed by atoms with Crippen molar-refractivity contribution in [3.63, 3.8) is 0 Å². The normalized spacial score (nSPS) is 19.6. The van der Waals surface area contributed by atoms with E-state index in [2.05, 4.69) is 24.3 Å². The summed E-state index contributed by atoms with van der Waals surface area (Å²) in [6.45, 7) is 0. The summed E-state index contributed by atoms with van der Waals surface area (Å²) in [5, 5.41) is 11.0. The fourth-order valence-corrected chi connectivity index (χ4v) is 4.54. The largest absolute Gasteiger partial charge is 0.393 e. The number of hydrogen-bond acceptors (Lipinski definition) is 3. The first-order chi connectivity index (χ1) is 14.1. The van der Waals surface area contributed by atoms with E-state index in [1.165, 1.54) is 5.56 Å². The standard InChI is InChI=1S/C26H22O3/c27-20-12-10-17(11-13-20)16-6-8-18(9-7-16)21-14-15-22(24-23(21)26(24)29)25(28)19-4-2-1-3-5-19/h1-9,14-15,17,20,27H,10-13H2. The summed E-state index contributed by atoms with van der Waals surface area (Å²) in [5.74, 6) is 0.397. The molecule has 0 radical (unpaired) electrons. The van der Waals surface area contributed by atoms with Gasteiger partial charge in [-0.05, 0) is 54.4 Å². The number of aliphatic hydroxyl groups excluding tert-OH is 1. The second kappa shape index (κ2) is 7.09. The van der Waals surface area contributed by atoms with Crippen molar-refractivity contribution in [2.24, 2.45) is 0 Å². The van der Waals surface area contributed by atoms with Crippen molar-refractivity contribution in [3.8, 4) is 11.1 Å². The van der Waals surface area contributed by atoms with E-state index in [-0.39, 0.29) is 17.3 Å². The lowest BCUT2D eigenvalue weighted by Gasteiger charge is -2.25. The summed E-state index contributed by atoms with van der Waals surface area (Å²) >= 11 is 0. The van der Waals surface area contributed by atoms with Crippen LogP contribution in [0.3, 0.4) is 0 Å². The minimum atomic E-state index is -0.149. The molecule has 4 aromatic carbocycles. The molecule has 0 heterocycles. The SMILES string of the molecule is O=C(c1ccccc1)c1ccc(-c2ccc(C3CCC(O)CC3)cc2)c2c(=O)c12. The van der Waals surface area contributed by atoms with Gasteiger partial charge in [-0.1, -0.05) is 60.7 Å². The smallest absolute Gasteiger partial charge is 0.195 e. The monoisotopic (exact) mass is 382 g/mol. The van der Waals surface area contributed by atoms with Crippen LogP contribution in [0.2, 0.25) is 0 Å². The van der Waals surface area contributed by atoms with Crippen molar-refractivity contribution in [3.05, 3.63) is 93.6 Å². The van der Waals surface area contributed by atoms with Crippen LogP contribution in [0.4, 0.5) is 0 Å². The average Bonchev–Trinajstić information content (AvgIpc) is 3.45. The Morgan fingerprint density at radius 1 is 0.793 bits per heavy atom. The van der Waals surface area contributed by atoms with Gasteiger partial charge in [-0.3, -0.25) is 9.59 Å². The Morgan fingerprint density at radius 3 is 2.17 bits per heavy atom. The minimum Gasteiger partial charge on any atom is -0.393 e. The van der Waals surface area contributed by atoms with Gasteiger partial charge in [0.25, 0.3) is 0 Å². The molecule has 0 saturated heterocycles. The second-order valence-corrected chi connectivity index (χ2v) is 8.06. The van der Waals surface area contributed by atoms with E-state index in [1.54, 1.807) is 18.2 Å². The zero-order chi connectivity index (χ0) is 20.0. The number of aliphatic hydroxyl groups is 1. The van der Waals surface area contributed by atoms with E-state index in [0.29, 0.717) is 27.8 Å². The van der Waals surface area contributed by atoms with E-state index in [0.717, 1.165) is 36.8 Å². The summed E-state index contributed by atoms with van der Waals surface area (Å²) in [5.41, 5.74) is 4.28. The first kappa shape index (κ1) is 18.0. The predicted octanol–water partition coefficient (Wildman–Crippen LogP) is 4.99. The zero-order valence-electron chi connectivity index (χ0n) is 16.1. The highest BCUT2D eigenvalue weighted by molar-refractivity contribution is 6.23.